The molecule has 0 aliphatic rings. The summed E-state index contributed by atoms with van der Waals surface area (Å²) in [6.07, 6.45) is 4.28. The Morgan fingerprint density at radius 2 is 2.25 bits per heavy atom. The van der Waals surface area contributed by atoms with Gasteiger partial charge in [-0.25, -0.2) is 9.37 Å². The fourth-order valence-electron chi connectivity index (χ4n) is 1.32. The van der Waals surface area contributed by atoms with E-state index in [-0.39, 0.29) is 17.1 Å². The van der Waals surface area contributed by atoms with Crippen LogP contribution in [0.1, 0.15) is 0 Å². The number of hydrogen-bond donors (Lipinski definition) is 1. The number of halogens is 1. The summed E-state index contributed by atoms with van der Waals surface area (Å²) in [5.41, 5.74) is 4.85. The predicted molar refractivity (Wildman–Crippen MR) is 54.6 cm³/mol. The van der Waals surface area contributed by atoms with Crippen LogP contribution in [0.4, 0.5) is 15.8 Å². The summed E-state index contributed by atoms with van der Waals surface area (Å²) in [5, 5.41) is 10.6. The molecule has 6 nitrogen and oxygen atoms in total. The Hall–Kier alpha value is -2.44. The zero-order chi connectivity index (χ0) is 11.7. The van der Waals surface area contributed by atoms with Crippen LogP contribution in [0.15, 0.2) is 30.9 Å². The van der Waals surface area contributed by atoms with Gasteiger partial charge < -0.3 is 10.3 Å². The molecule has 1 heterocycles. The molecular formula is C9H7FN4O2. The summed E-state index contributed by atoms with van der Waals surface area (Å²) in [7, 11) is 0. The number of hydrogen-bond acceptors (Lipinski definition) is 4. The predicted octanol–water partition coefficient (Wildman–Crippen LogP) is 1.50. The molecule has 2 rings (SSSR count). The van der Waals surface area contributed by atoms with E-state index in [4.69, 9.17) is 5.73 Å². The second-order valence-electron chi connectivity index (χ2n) is 3.09. The first kappa shape index (κ1) is 10.1. The average molecular weight is 222 g/mol. The van der Waals surface area contributed by atoms with Crippen molar-refractivity contribution in [3.8, 4) is 5.69 Å². The highest BCUT2D eigenvalue weighted by Gasteiger charge is 2.16. The molecule has 1 aromatic heterocycles. The van der Waals surface area contributed by atoms with Gasteiger partial charge in [0.25, 0.3) is 5.69 Å². The van der Waals surface area contributed by atoms with Crippen molar-refractivity contribution in [3.63, 3.8) is 0 Å². The highest BCUT2D eigenvalue weighted by atomic mass is 19.1. The van der Waals surface area contributed by atoms with Crippen molar-refractivity contribution in [2.45, 2.75) is 0 Å². The molecule has 82 valence electrons. The molecule has 0 fully saturated rings. The molecule has 0 amide bonds. The molecule has 2 aromatic rings. The Morgan fingerprint density at radius 3 is 2.81 bits per heavy atom. The van der Waals surface area contributed by atoms with E-state index in [0.717, 1.165) is 12.1 Å². The summed E-state index contributed by atoms with van der Waals surface area (Å²) >= 11 is 0. The smallest absolute Gasteiger partial charge is 0.294 e. The standard InChI is InChI=1S/C9H7FN4O2/c10-6-3-7(11)9(14(15)16)4-8(6)13-2-1-12-5-13/h1-5H,11H2. The molecule has 0 unspecified atom stereocenters. The third-order valence-electron chi connectivity index (χ3n) is 2.08. The fourth-order valence-corrected chi connectivity index (χ4v) is 1.32. The Kier molecular flexibility index (Phi) is 2.28. The van der Waals surface area contributed by atoms with Gasteiger partial charge in [-0.15, -0.1) is 0 Å². The van der Waals surface area contributed by atoms with Crippen molar-refractivity contribution < 1.29 is 9.31 Å². The van der Waals surface area contributed by atoms with E-state index in [9.17, 15) is 14.5 Å². The van der Waals surface area contributed by atoms with Crippen LogP contribution >= 0.6 is 0 Å². The van der Waals surface area contributed by atoms with Gasteiger partial charge in [0.05, 0.1) is 16.9 Å². The molecule has 0 saturated carbocycles. The van der Waals surface area contributed by atoms with Crippen LogP contribution in [0.2, 0.25) is 0 Å². The van der Waals surface area contributed by atoms with E-state index in [1.807, 2.05) is 0 Å². The summed E-state index contributed by atoms with van der Waals surface area (Å²) in [6.45, 7) is 0. The van der Waals surface area contributed by atoms with E-state index in [2.05, 4.69) is 4.98 Å². The van der Waals surface area contributed by atoms with Crippen LogP contribution in [-0.2, 0) is 0 Å². The van der Waals surface area contributed by atoms with E-state index >= 15 is 0 Å². The maximum atomic E-state index is 13.5. The SMILES string of the molecule is Nc1cc(F)c(-n2ccnc2)cc1[N+](=O)[O-]. The first-order valence-corrected chi connectivity index (χ1v) is 4.31. The summed E-state index contributed by atoms with van der Waals surface area (Å²) in [4.78, 5) is 13.7. The van der Waals surface area contributed by atoms with Gasteiger partial charge in [0, 0.05) is 24.5 Å². The van der Waals surface area contributed by atoms with Crippen molar-refractivity contribution in [2.24, 2.45) is 0 Å². The Bertz CT molecular complexity index is 539. The molecule has 0 spiro atoms. The average Bonchev–Trinajstić information content (AvgIpc) is 2.70. The molecule has 7 heteroatoms. The first-order chi connectivity index (χ1) is 7.59. The van der Waals surface area contributed by atoms with E-state index in [1.54, 1.807) is 0 Å². The van der Waals surface area contributed by atoms with Crippen molar-refractivity contribution >= 4 is 11.4 Å². The maximum Gasteiger partial charge on any atom is 0.294 e. The third kappa shape index (κ3) is 1.58. The number of rotatable bonds is 2. The Balaban J connectivity index is 2.63. The molecule has 1 aromatic carbocycles. The number of nitrogens with zero attached hydrogens (tertiary/aromatic N) is 3. The minimum absolute atomic E-state index is 0.0402. The van der Waals surface area contributed by atoms with E-state index < -0.39 is 10.7 Å². The van der Waals surface area contributed by atoms with Gasteiger partial charge in [-0.1, -0.05) is 0 Å². The minimum Gasteiger partial charge on any atom is -0.393 e. The number of nitro groups is 1. The van der Waals surface area contributed by atoms with Crippen LogP contribution < -0.4 is 5.73 Å². The highest BCUT2D eigenvalue weighted by molar-refractivity contribution is 5.62. The zero-order valence-corrected chi connectivity index (χ0v) is 8.00. The molecule has 16 heavy (non-hydrogen) atoms. The van der Waals surface area contributed by atoms with Gasteiger partial charge in [0.15, 0.2) is 0 Å². The number of nitrogen functional groups attached to an aromatic ring is 1. The minimum atomic E-state index is -0.658. The Morgan fingerprint density at radius 1 is 1.50 bits per heavy atom. The van der Waals surface area contributed by atoms with Gasteiger partial charge in [-0.05, 0) is 0 Å². The van der Waals surface area contributed by atoms with Gasteiger partial charge in [0.1, 0.15) is 11.5 Å². The van der Waals surface area contributed by atoms with Gasteiger partial charge in [0.2, 0.25) is 0 Å². The second kappa shape index (κ2) is 3.61. The maximum absolute atomic E-state index is 13.5. The summed E-state index contributed by atoms with van der Waals surface area (Å²) in [5.74, 6) is -0.638. The number of anilines is 1. The normalized spacial score (nSPS) is 10.3. The summed E-state index contributed by atoms with van der Waals surface area (Å²) < 4.78 is 14.8. The topological polar surface area (TPSA) is 87.0 Å². The molecular weight excluding hydrogens is 215 g/mol. The molecule has 2 N–H and O–H groups in total. The molecule has 0 radical (unpaired) electrons. The highest BCUT2D eigenvalue weighted by Crippen LogP contribution is 2.26. The lowest BCUT2D eigenvalue weighted by molar-refractivity contribution is -0.383. The number of nitro benzene ring substituents is 1. The van der Waals surface area contributed by atoms with Crippen LogP contribution in [-0.4, -0.2) is 14.5 Å². The Labute approximate surface area is 89.3 Å². The largest absolute Gasteiger partial charge is 0.393 e. The summed E-state index contributed by atoms with van der Waals surface area (Å²) in [6, 6.07) is 2.00. The second-order valence-corrected chi connectivity index (χ2v) is 3.09. The monoisotopic (exact) mass is 222 g/mol. The lowest BCUT2D eigenvalue weighted by Gasteiger charge is -2.05. The number of nitrogens with two attached hydrogens (primary N) is 1. The van der Waals surface area contributed by atoms with Crippen molar-refractivity contribution in [1.82, 2.24) is 9.55 Å². The lowest BCUT2D eigenvalue weighted by atomic mass is 10.2. The number of aromatic nitrogens is 2. The van der Waals surface area contributed by atoms with E-state index in [1.165, 1.54) is 23.3 Å². The fraction of sp³-hybridized carbons (Fsp3) is 0. The quantitative estimate of drug-likeness (QED) is 0.474. The van der Waals surface area contributed by atoms with Crippen LogP contribution in [0.25, 0.3) is 5.69 Å². The molecule has 0 atom stereocenters. The van der Waals surface area contributed by atoms with Crippen molar-refractivity contribution in [2.75, 3.05) is 5.73 Å². The van der Waals surface area contributed by atoms with Crippen molar-refractivity contribution in [3.05, 3.63) is 46.8 Å². The van der Waals surface area contributed by atoms with Gasteiger partial charge in [-0.3, -0.25) is 10.1 Å². The number of imidazole rings is 1. The first-order valence-electron chi connectivity index (χ1n) is 4.31. The molecule has 0 bridgehead atoms. The third-order valence-corrected chi connectivity index (χ3v) is 2.08. The van der Waals surface area contributed by atoms with E-state index in [0.29, 0.717) is 0 Å². The van der Waals surface area contributed by atoms with Crippen LogP contribution in [0.3, 0.4) is 0 Å². The zero-order valence-electron chi connectivity index (χ0n) is 8.00. The number of benzene rings is 1. The van der Waals surface area contributed by atoms with Gasteiger partial charge in [-0.2, -0.15) is 0 Å². The molecule has 0 aliphatic carbocycles. The van der Waals surface area contributed by atoms with Crippen LogP contribution in [0.5, 0.6) is 0 Å². The lowest BCUT2D eigenvalue weighted by Crippen LogP contribution is -2.01. The molecule has 0 aliphatic heterocycles. The molecule has 0 saturated heterocycles. The van der Waals surface area contributed by atoms with Crippen LogP contribution in [0, 0.1) is 15.9 Å². The van der Waals surface area contributed by atoms with Gasteiger partial charge >= 0.3 is 0 Å². The van der Waals surface area contributed by atoms with Crippen molar-refractivity contribution in [1.29, 1.82) is 0 Å².